The zero-order valence-electron chi connectivity index (χ0n) is 10.7. The fourth-order valence-corrected chi connectivity index (χ4v) is 2.12. The van der Waals surface area contributed by atoms with Crippen LogP contribution in [-0.2, 0) is 9.47 Å². The lowest BCUT2D eigenvalue weighted by atomic mass is 10.1. The number of ether oxygens (including phenoxy) is 2. The molecular formula is C8H3Cl2F10NO3. The van der Waals surface area contributed by atoms with Crippen molar-refractivity contribution in [2.75, 3.05) is 7.05 Å². The fraction of sp³-hybridized carbons (Fsp3) is 0.875. The first-order chi connectivity index (χ1) is 10.2. The van der Waals surface area contributed by atoms with E-state index in [9.17, 15) is 48.7 Å². The minimum absolute atomic E-state index is 0.154. The largest absolute Gasteiger partial charge is 0.464 e. The third kappa shape index (κ3) is 2.71. The number of carbonyl (C=O) groups is 1. The van der Waals surface area contributed by atoms with Crippen LogP contribution in [0, 0.1) is 0 Å². The van der Waals surface area contributed by atoms with Gasteiger partial charge in [0.15, 0.2) is 0 Å². The van der Waals surface area contributed by atoms with E-state index in [4.69, 9.17) is 0 Å². The van der Waals surface area contributed by atoms with Crippen LogP contribution in [0.2, 0.25) is 0 Å². The second-order valence-corrected chi connectivity index (χ2v) is 5.23. The summed E-state index contributed by atoms with van der Waals surface area (Å²) in [5.74, 6) is -5.89. The van der Waals surface area contributed by atoms with Gasteiger partial charge in [0.1, 0.15) is 0 Å². The van der Waals surface area contributed by atoms with Gasteiger partial charge in [-0.3, -0.25) is 9.64 Å². The lowest BCUT2D eigenvalue weighted by molar-refractivity contribution is -0.509. The maximum absolute atomic E-state index is 13.3. The summed E-state index contributed by atoms with van der Waals surface area (Å²) in [6.45, 7) is 0. The SMILES string of the molecule is CN1C(=O)OC(C(F)(F)F)(C(F)(F)Cl)OC1(C(F)(F)F)C(F)(F)Cl. The molecule has 0 radical (unpaired) electrons. The van der Waals surface area contributed by atoms with Crippen molar-refractivity contribution < 1.29 is 58.2 Å². The zero-order chi connectivity index (χ0) is 19.6. The summed E-state index contributed by atoms with van der Waals surface area (Å²) >= 11 is 8.22. The quantitative estimate of drug-likeness (QED) is 0.493. The van der Waals surface area contributed by atoms with E-state index in [1.165, 1.54) is 0 Å². The van der Waals surface area contributed by atoms with Crippen LogP contribution in [0.15, 0.2) is 0 Å². The van der Waals surface area contributed by atoms with Crippen molar-refractivity contribution in [3.05, 3.63) is 0 Å². The molecular weight excluding hydrogens is 419 g/mol. The van der Waals surface area contributed by atoms with Gasteiger partial charge in [0.2, 0.25) is 0 Å². The molecule has 1 aliphatic heterocycles. The second kappa shape index (κ2) is 5.30. The van der Waals surface area contributed by atoms with Crippen molar-refractivity contribution in [3.8, 4) is 0 Å². The Balaban J connectivity index is 3.84. The predicted octanol–water partition coefficient (Wildman–Crippen LogP) is 4.27. The molecule has 1 amide bonds. The van der Waals surface area contributed by atoms with Gasteiger partial charge in [-0.2, -0.15) is 43.9 Å². The van der Waals surface area contributed by atoms with Gasteiger partial charge >= 0.3 is 40.7 Å². The first kappa shape index (κ1) is 21.2. The maximum Gasteiger partial charge on any atom is 0.464 e. The Morgan fingerprint density at radius 1 is 0.875 bits per heavy atom. The minimum atomic E-state index is -6.66. The van der Waals surface area contributed by atoms with E-state index >= 15 is 0 Å². The van der Waals surface area contributed by atoms with Crippen LogP contribution in [0.1, 0.15) is 0 Å². The lowest BCUT2D eigenvalue weighted by Gasteiger charge is -2.52. The zero-order valence-corrected chi connectivity index (χ0v) is 12.2. The van der Waals surface area contributed by atoms with Crippen molar-refractivity contribution in [2.24, 2.45) is 0 Å². The van der Waals surface area contributed by atoms with E-state index in [0.29, 0.717) is 0 Å². The highest BCUT2D eigenvalue weighted by atomic mass is 35.5. The van der Waals surface area contributed by atoms with Crippen LogP contribution >= 0.6 is 23.2 Å². The van der Waals surface area contributed by atoms with E-state index in [0.717, 1.165) is 0 Å². The topological polar surface area (TPSA) is 38.8 Å². The minimum Gasteiger partial charge on any atom is -0.400 e. The number of nitrogens with zero attached hydrogens (tertiary/aromatic N) is 1. The van der Waals surface area contributed by atoms with E-state index in [1.807, 2.05) is 0 Å². The molecule has 0 aromatic rings. The first-order valence-corrected chi connectivity index (χ1v) is 5.94. The van der Waals surface area contributed by atoms with Gasteiger partial charge in [-0.05, 0) is 23.2 Å². The standard InChI is InChI=1S/C8H3Cl2F10NO3/c1-21-2(22)23-4(6(10,13)14,8(18,19)20)24-3(21,5(9,11)12)7(15,16)17/h1H3. The Labute approximate surface area is 135 Å². The van der Waals surface area contributed by atoms with Crippen LogP contribution in [0.4, 0.5) is 48.7 Å². The van der Waals surface area contributed by atoms with E-state index in [1.54, 1.807) is 0 Å². The molecule has 0 bridgehead atoms. The van der Waals surface area contributed by atoms with Crippen LogP contribution in [0.25, 0.3) is 0 Å². The number of rotatable bonds is 2. The summed E-state index contributed by atoms with van der Waals surface area (Å²) in [4.78, 5) is 10.0. The highest BCUT2D eigenvalue weighted by molar-refractivity contribution is 6.23. The van der Waals surface area contributed by atoms with Crippen LogP contribution in [0.5, 0.6) is 0 Å². The molecule has 142 valence electrons. The van der Waals surface area contributed by atoms with Crippen molar-refractivity contribution in [1.29, 1.82) is 0 Å². The summed E-state index contributed by atoms with van der Waals surface area (Å²) < 4.78 is 137. The summed E-state index contributed by atoms with van der Waals surface area (Å²) in [6, 6.07) is 0. The fourth-order valence-electron chi connectivity index (χ4n) is 1.67. The molecule has 1 heterocycles. The number of carbonyl (C=O) groups excluding carboxylic acids is 1. The van der Waals surface area contributed by atoms with Gasteiger partial charge in [0.05, 0.1) is 0 Å². The Bertz CT molecular complexity index is 494. The summed E-state index contributed by atoms with van der Waals surface area (Å²) in [7, 11) is -0.154. The van der Waals surface area contributed by atoms with Gasteiger partial charge in [0, 0.05) is 7.05 Å². The molecule has 1 aliphatic rings. The van der Waals surface area contributed by atoms with Gasteiger partial charge in [-0.25, -0.2) is 4.79 Å². The molecule has 4 nitrogen and oxygen atoms in total. The molecule has 16 heteroatoms. The average Bonchev–Trinajstić information content (AvgIpc) is 2.25. The molecule has 0 aliphatic carbocycles. The molecule has 0 saturated carbocycles. The predicted molar refractivity (Wildman–Crippen MR) is 54.5 cm³/mol. The summed E-state index contributed by atoms with van der Waals surface area (Å²) in [5, 5.41) is -11.8. The van der Waals surface area contributed by atoms with Crippen molar-refractivity contribution in [2.45, 2.75) is 34.6 Å². The molecule has 0 aromatic carbocycles. The molecule has 0 aromatic heterocycles. The first-order valence-electron chi connectivity index (χ1n) is 5.18. The van der Waals surface area contributed by atoms with E-state index < -0.39 is 45.6 Å². The third-order valence-electron chi connectivity index (χ3n) is 2.78. The van der Waals surface area contributed by atoms with Gasteiger partial charge in [-0.1, -0.05) is 0 Å². The Morgan fingerprint density at radius 2 is 1.29 bits per heavy atom. The van der Waals surface area contributed by atoms with Gasteiger partial charge < -0.3 is 4.74 Å². The van der Waals surface area contributed by atoms with Gasteiger partial charge in [-0.15, -0.1) is 0 Å². The number of amides is 1. The second-order valence-electron chi connectivity index (χ2n) is 4.28. The Hall–Kier alpha value is -0.890. The average molecular weight is 422 g/mol. The summed E-state index contributed by atoms with van der Waals surface area (Å²) in [6.07, 6.45) is -16.1. The number of hydrogen-bond acceptors (Lipinski definition) is 3. The van der Waals surface area contributed by atoms with Crippen molar-refractivity contribution >= 4 is 29.3 Å². The Kier molecular flexibility index (Phi) is 4.67. The summed E-state index contributed by atoms with van der Waals surface area (Å²) in [5.41, 5.74) is -5.66. The molecule has 1 fully saturated rings. The number of hydrogen-bond donors (Lipinski definition) is 0. The normalized spacial score (nSPS) is 30.4. The van der Waals surface area contributed by atoms with E-state index in [2.05, 4.69) is 32.7 Å². The van der Waals surface area contributed by atoms with Crippen LogP contribution in [0.3, 0.4) is 0 Å². The van der Waals surface area contributed by atoms with Gasteiger partial charge in [0.25, 0.3) is 0 Å². The van der Waals surface area contributed by atoms with Crippen molar-refractivity contribution in [1.82, 2.24) is 4.90 Å². The molecule has 0 spiro atoms. The molecule has 1 saturated heterocycles. The highest BCUT2D eigenvalue weighted by Gasteiger charge is 2.87. The highest BCUT2D eigenvalue weighted by Crippen LogP contribution is 2.59. The molecule has 2 atom stereocenters. The molecule has 0 N–H and O–H groups in total. The molecule has 2 unspecified atom stereocenters. The van der Waals surface area contributed by atoms with Crippen molar-refractivity contribution in [3.63, 3.8) is 0 Å². The number of cyclic esters (lactones) is 1. The van der Waals surface area contributed by atoms with Crippen LogP contribution in [-0.4, -0.2) is 52.7 Å². The van der Waals surface area contributed by atoms with Crippen LogP contribution < -0.4 is 0 Å². The lowest BCUT2D eigenvalue weighted by Crippen LogP contribution is -2.80. The third-order valence-corrected chi connectivity index (χ3v) is 3.29. The monoisotopic (exact) mass is 421 g/mol. The smallest absolute Gasteiger partial charge is 0.400 e. The molecule has 1 rings (SSSR count). The number of halogens is 12. The van der Waals surface area contributed by atoms with E-state index in [-0.39, 0.29) is 7.05 Å². The maximum atomic E-state index is 13.3. The Morgan fingerprint density at radius 3 is 1.54 bits per heavy atom. The molecule has 24 heavy (non-hydrogen) atoms. The number of alkyl halides is 12.